The molecule has 0 radical (unpaired) electrons. The molecule has 1 heterocycles. The highest BCUT2D eigenvalue weighted by Gasteiger charge is 2.27. The van der Waals surface area contributed by atoms with E-state index in [4.69, 9.17) is 21.1 Å². The quantitative estimate of drug-likeness (QED) is 0.258. The van der Waals surface area contributed by atoms with Crippen LogP contribution in [0.4, 0.5) is 10.5 Å². The first kappa shape index (κ1) is 25.2. The highest BCUT2D eigenvalue weighted by atomic mass is 35.5. The van der Waals surface area contributed by atoms with Gasteiger partial charge in [-0.3, -0.25) is 5.43 Å². The lowest BCUT2D eigenvalue weighted by Crippen LogP contribution is -2.40. The van der Waals surface area contributed by atoms with Crippen LogP contribution in [0.2, 0.25) is 5.02 Å². The topological polar surface area (TPSA) is 62.8 Å². The Morgan fingerprint density at radius 2 is 1.42 bits per heavy atom. The molecule has 0 unspecified atom stereocenters. The molecule has 38 heavy (non-hydrogen) atoms. The third kappa shape index (κ3) is 6.10. The Bertz CT molecular complexity index is 1420. The van der Waals surface area contributed by atoms with Crippen molar-refractivity contribution >= 4 is 34.6 Å². The van der Waals surface area contributed by atoms with Crippen LogP contribution in [0, 0.1) is 0 Å². The Morgan fingerprint density at radius 3 is 2.05 bits per heavy atom. The first-order chi connectivity index (χ1) is 18.4. The monoisotopic (exact) mass is 525 g/mol. The van der Waals surface area contributed by atoms with Gasteiger partial charge in [-0.05, 0) is 85.6 Å². The smallest absolute Gasteiger partial charge is 0.340 e. The number of halogens is 1. The molecule has 6 nitrogen and oxygen atoms in total. The summed E-state index contributed by atoms with van der Waals surface area (Å²) in [6, 6.07) is 32.1. The molecule has 4 aromatic carbocycles. The van der Waals surface area contributed by atoms with Crippen molar-refractivity contribution in [2.75, 3.05) is 11.9 Å². The molecule has 5 rings (SSSR count). The Morgan fingerprint density at radius 1 is 0.816 bits per heavy atom. The molecule has 1 aliphatic rings. The zero-order valence-corrected chi connectivity index (χ0v) is 21.9. The van der Waals surface area contributed by atoms with E-state index in [1.165, 1.54) is 0 Å². The first-order valence-electron chi connectivity index (χ1n) is 12.4. The van der Waals surface area contributed by atoms with E-state index >= 15 is 0 Å². The molecule has 0 saturated heterocycles. The van der Waals surface area contributed by atoms with Gasteiger partial charge >= 0.3 is 6.03 Å². The van der Waals surface area contributed by atoms with Crippen LogP contribution in [0.5, 0.6) is 17.2 Å². The number of hydrogen-bond donors (Lipinski definition) is 2. The Labute approximate surface area is 227 Å². The van der Waals surface area contributed by atoms with Gasteiger partial charge in [-0.15, -0.1) is 0 Å². The summed E-state index contributed by atoms with van der Waals surface area (Å²) in [6.45, 7) is 4.38. The summed E-state index contributed by atoms with van der Waals surface area (Å²) in [5.41, 5.74) is 7.83. The highest BCUT2D eigenvalue weighted by Crippen LogP contribution is 2.31. The molecular weight excluding hydrogens is 498 g/mol. The lowest BCUT2D eigenvalue weighted by molar-refractivity contribution is 0.210. The molecule has 1 aliphatic heterocycles. The number of anilines is 1. The summed E-state index contributed by atoms with van der Waals surface area (Å²) in [4.78, 5) is 13.2. The standard InChI is InChI=1S/C31H28ClN3O3/c1-21(2)37-26-16-18-28(19-17-26)38-27-14-12-25(13-15-27)33-31(36)35-20-29(22-6-4-3-5-7-22)30(34-35)23-8-10-24(32)11-9-23/h3-19,21,34H,20H2,1-2H3,(H,33,36). The van der Waals surface area contributed by atoms with Gasteiger partial charge in [-0.1, -0.05) is 54.1 Å². The lowest BCUT2D eigenvalue weighted by atomic mass is 10.0. The first-order valence-corrected chi connectivity index (χ1v) is 12.8. The summed E-state index contributed by atoms with van der Waals surface area (Å²) in [6.07, 6.45) is 0.116. The van der Waals surface area contributed by atoms with Crippen LogP contribution in [0.15, 0.2) is 103 Å². The van der Waals surface area contributed by atoms with Crippen molar-refractivity contribution in [3.8, 4) is 17.2 Å². The Hall–Kier alpha value is -4.42. The number of carbonyl (C=O) groups is 1. The van der Waals surface area contributed by atoms with Gasteiger partial charge in [-0.25, -0.2) is 9.80 Å². The number of nitrogens with one attached hydrogen (secondary N) is 2. The molecular formula is C31H28ClN3O3. The Balaban J connectivity index is 1.25. The largest absolute Gasteiger partial charge is 0.491 e. The molecule has 2 N–H and O–H groups in total. The van der Waals surface area contributed by atoms with Crippen molar-refractivity contribution in [2.45, 2.75) is 20.0 Å². The lowest BCUT2D eigenvalue weighted by Gasteiger charge is -2.19. The number of benzene rings is 4. The van der Waals surface area contributed by atoms with Gasteiger partial charge < -0.3 is 14.8 Å². The fourth-order valence-electron chi connectivity index (χ4n) is 4.12. The average molecular weight is 526 g/mol. The molecule has 192 valence electrons. The summed E-state index contributed by atoms with van der Waals surface area (Å²) in [5, 5.41) is 5.19. The number of ether oxygens (including phenoxy) is 2. The number of hydrazine groups is 1. The summed E-state index contributed by atoms with van der Waals surface area (Å²) >= 11 is 6.10. The van der Waals surface area contributed by atoms with Gasteiger partial charge in [0.15, 0.2) is 0 Å². The second-order valence-corrected chi connectivity index (χ2v) is 9.56. The maximum Gasteiger partial charge on any atom is 0.340 e. The fourth-order valence-corrected chi connectivity index (χ4v) is 4.25. The van der Waals surface area contributed by atoms with E-state index in [1.807, 2.05) is 117 Å². The van der Waals surface area contributed by atoms with Crippen molar-refractivity contribution in [1.29, 1.82) is 0 Å². The minimum Gasteiger partial charge on any atom is -0.491 e. The second kappa shape index (κ2) is 11.3. The molecule has 2 amide bonds. The number of hydrogen-bond acceptors (Lipinski definition) is 4. The average Bonchev–Trinajstić information content (AvgIpc) is 3.37. The van der Waals surface area contributed by atoms with Gasteiger partial charge in [0.1, 0.15) is 17.2 Å². The van der Waals surface area contributed by atoms with Crippen molar-refractivity contribution in [3.05, 3.63) is 119 Å². The number of rotatable bonds is 7. The number of carbonyl (C=O) groups excluding carboxylic acids is 1. The molecule has 0 atom stereocenters. The van der Waals surface area contributed by atoms with Crippen LogP contribution in [-0.4, -0.2) is 23.7 Å². The zero-order valence-electron chi connectivity index (χ0n) is 21.1. The van der Waals surface area contributed by atoms with Gasteiger partial charge in [0.25, 0.3) is 0 Å². The number of amides is 2. The second-order valence-electron chi connectivity index (χ2n) is 9.12. The predicted octanol–water partition coefficient (Wildman–Crippen LogP) is 7.84. The maximum absolute atomic E-state index is 13.2. The van der Waals surface area contributed by atoms with Crippen LogP contribution < -0.4 is 20.2 Å². The van der Waals surface area contributed by atoms with E-state index in [-0.39, 0.29) is 12.1 Å². The van der Waals surface area contributed by atoms with E-state index in [1.54, 1.807) is 5.01 Å². The molecule has 0 aromatic heterocycles. The van der Waals surface area contributed by atoms with E-state index in [2.05, 4.69) is 10.7 Å². The van der Waals surface area contributed by atoms with Crippen LogP contribution in [0.3, 0.4) is 0 Å². The van der Waals surface area contributed by atoms with E-state index < -0.39 is 0 Å². The van der Waals surface area contributed by atoms with Crippen molar-refractivity contribution in [2.24, 2.45) is 0 Å². The normalized spacial score (nSPS) is 12.9. The Kier molecular flexibility index (Phi) is 7.52. The van der Waals surface area contributed by atoms with Crippen LogP contribution >= 0.6 is 11.6 Å². The van der Waals surface area contributed by atoms with Gasteiger partial charge in [0.05, 0.1) is 18.3 Å². The van der Waals surface area contributed by atoms with Gasteiger partial charge in [0, 0.05) is 16.3 Å². The van der Waals surface area contributed by atoms with Gasteiger partial charge in [-0.2, -0.15) is 0 Å². The van der Waals surface area contributed by atoms with Crippen LogP contribution in [0.25, 0.3) is 11.3 Å². The minimum atomic E-state index is -0.267. The van der Waals surface area contributed by atoms with Crippen molar-refractivity contribution in [3.63, 3.8) is 0 Å². The highest BCUT2D eigenvalue weighted by molar-refractivity contribution is 6.30. The molecule has 4 aromatic rings. The molecule has 0 fully saturated rings. The molecule has 0 aliphatic carbocycles. The summed E-state index contributed by atoms with van der Waals surface area (Å²) in [5.74, 6) is 2.16. The van der Waals surface area contributed by atoms with Crippen LogP contribution in [0.1, 0.15) is 25.0 Å². The molecule has 0 spiro atoms. The van der Waals surface area contributed by atoms with Crippen LogP contribution in [-0.2, 0) is 0 Å². The minimum absolute atomic E-state index is 0.116. The van der Waals surface area contributed by atoms with E-state index in [9.17, 15) is 4.79 Å². The summed E-state index contributed by atoms with van der Waals surface area (Å²) < 4.78 is 11.6. The third-order valence-corrected chi connectivity index (χ3v) is 6.15. The number of urea groups is 1. The SMILES string of the molecule is CC(C)Oc1ccc(Oc2ccc(NC(=O)N3CC(c4ccccc4)=C(c4ccc(Cl)cc4)N3)cc2)cc1. The fraction of sp³-hybridized carbons (Fsp3) is 0.129. The third-order valence-electron chi connectivity index (χ3n) is 5.90. The van der Waals surface area contributed by atoms with Crippen molar-refractivity contribution in [1.82, 2.24) is 10.4 Å². The molecule has 0 bridgehead atoms. The maximum atomic E-state index is 13.2. The zero-order chi connectivity index (χ0) is 26.5. The van der Waals surface area contributed by atoms with E-state index in [0.29, 0.717) is 28.8 Å². The number of nitrogens with zero attached hydrogens (tertiary/aromatic N) is 1. The van der Waals surface area contributed by atoms with E-state index in [0.717, 1.165) is 28.1 Å². The molecule has 0 saturated carbocycles. The van der Waals surface area contributed by atoms with Gasteiger partial charge in [0.2, 0.25) is 0 Å². The predicted molar refractivity (Wildman–Crippen MR) is 152 cm³/mol. The summed E-state index contributed by atoms with van der Waals surface area (Å²) in [7, 11) is 0. The van der Waals surface area contributed by atoms with Crippen molar-refractivity contribution < 1.29 is 14.3 Å². The molecule has 7 heteroatoms.